The van der Waals surface area contributed by atoms with Crippen molar-refractivity contribution in [2.75, 3.05) is 26.6 Å². The molecular formula is C19H19NO6. The van der Waals surface area contributed by atoms with E-state index in [2.05, 4.69) is 10.1 Å². The van der Waals surface area contributed by atoms with E-state index in [0.29, 0.717) is 17.1 Å². The Bertz CT molecular complexity index is 844. The van der Waals surface area contributed by atoms with E-state index < -0.39 is 11.9 Å². The van der Waals surface area contributed by atoms with Gasteiger partial charge in [0.1, 0.15) is 17.2 Å². The summed E-state index contributed by atoms with van der Waals surface area (Å²) in [4.78, 5) is 23.5. The Morgan fingerprint density at radius 3 is 2.42 bits per heavy atom. The quantitative estimate of drug-likeness (QED) is 0.469. The topological polar surface area (TPSA) is 94.1 Å². The number of carbonyl (C=O) groups excluding carboxylic acids is 2. The maximum absolute atomic E-state index is 12.1. The molecule has 0 fully saturated rings. The van der Waals surface area contributed by atoms with Gasteiger partial charge in [0.2, 0.25) is 5.91 Å². The summed E-state index contributed by atoms with van der Waals surface area (Å²) >= 11 is 0. The van der Waals surface area contributed by atoms with E-state index in [0.717, 1.165) is 0 Å². The number of phenols is 1. The molecule has 0 saturated carbocycles. The minimum absolute atomic E-state index is 0.171. The fourth-order valence-corrected chi connectivity index (χ4v) is 2.19. The minimum atomic E-state index is -0.580. The average Bonchev–Trinajstić information content (AvgIpc) is 2.66. The normalized spacial score (nSPS) is 10.4. The molecule has 0 bridgehead atoms. The van der Waals surface area contributed by atoms with Gasteiger partial charge in [-0.05, 0) is 42.5 Å². The Kier molecular flexibility index (Phi) is 6.21. The molecule has 0 aliphatic carbocycles. The van der Waals surface area contributed by atoms with Crippen LogP contribution in [-0.4, -0.2) is 38.3 Å². The van der Waals surface area contributed by atoms with Crippen molar-refractivity contribution in [2.45, 2.75) is 0 Å². The molecule has 7 heteroatoms. The third-order valence-electron chi connectivity index (χ3n) is 3.53. The number of phenolic OH excluding ortho intramolecular Hbond substituents is 1. The largest absolute Gasteiger partial charge is 0.506 e. The Hall–Kier alpha value is -3.48. The molecule has 0 aliphatic heterocycles. The highest BCUT2D eigenvalue weighted by Gasteiger charge is 2.10. The van der Waals surface area contributed by atoms with Crippen LogP contribution >= 0.6 is 0 Å². The number of carbonyl (C=O) groups is 2. The molecule has 0 aliphatic rings. The standard InChI is InChI=1S/C19H19NO6/c1-24-14-6-8-17(25-2)12(10-14)5-9-18(22)20-15-7-4-13(11-16(15)21)19(23)26-3/h4-11,21H,1-3H3,(H,20,22)/b9-5+. The van der Waals surface area contributed by atoms with Crippen LogP contribution in [0.2, 0.25) is 0 Å². The summed E-state index contributed by atoms with van der Waals surface area (Å²) in [6.45, 7) is 0. The third kappa shape index (κ3) is 4.54. The highest BCUT2D eigenvalue weighted by atomic mass is 16.5. The van der Waals surface area contributed by atoms with Crippen molar-refractivity contribution in [2.24, 2.45) is 0 Å². The summed E-state index contributed by atoms with van der Waals surface area (Å²) in [5.41, 5.74) is 1.01. The van der Waals surface area contributed by atoms with Crippen molar-refractivity contribution in [3.8, 4) is 17.2 Å². The first-order chi connectivity index (χ1) is 12.5. The van der Waals surface area contributed by atoms with E-state index in [4.69, 9.17) is 9.47 Å². The molecular weight excluding hydrogens is 338 g/mol. The van der Waals surface area contributed by atoms with Crippen molar-refractivity contribution in [3.05, 3.63) is 53.6 Å². The zero-order valence-corrected chi connectivity index (χ0v) is 14.6. The van der Waals surface area contributed by atoms with E-state index in [1.807, 2.05) is 0 Å². The van der Waals surface area contributed by atoms with Crippen LogP contribution in [0.25, 0.3) is 6.08 Å². The molecule has 0 spiro atoms. The highest BCUT2D eigenvalue weighted by Crippen LogP contribution is 2.26. The van der Waals surface area contributed by atoms with Crippen molar-refractivity contribution < 1.29 is 28.9 Å². The molecule has 26 heavy (non-hydrogen) atoms. The fourth-order valence-electron chi connectivity index (χ4n) is 2.19. The van der Waals surface area contributed by atoms with Gasteiger partial charge in [0.25, 0.3) is 0 Å². The number of anilines is 1. The number of ether oxygens (including phenoxy) is 3. The molecule has 0 atom stereocenters. The second kappa shape index (κ2) is 8.57. The van der Waals surface area contributed by atoms with Gasteiger partial charge in [0, 0.05) is 11.6 Å². The van der Waals surface area contributed by atoms with Gasteiger partial charge < -0.3 is 24.6 Å². The summed E-state index contributed by atoms with van der Waals surface area (Å²) < 4.78 is 15.0. The molecule has 0 radical (unpaired) electrons. The molecule has 2 rings (SSSR count). The van der Waals surface area contributed by atoms with Gasteiger partial charge in [-0.3, -0.25) is 4.79 Å². The highest BCUT2D eigenvalue weighted by molar-refractivity contribution is 6.03. The van der Waals surface area contributed by atoms with Crippen LogP contribution in [0.5, 0.6) is 17.2 Å². The van der Waals surface area contributed by atoms with Crippen molar-refractivity contribution in [1.29, 1.82) is 0 Å². The molecule has 0 unspecified atom stereocenters. The van der Waals surface area contributed by atoms with Crippen LogP contribution in [-0.2, 0) is 9.53 Å². The van der Waals surface area contributed by atoms with Crippen LogP contribution < -0.4 is 14.8 Å². The Labute approximate surface area is 150 Å². The number of benzene rings is 2. The number of rotatable bonds is 6. The van der Waals surface area contributed by atoms with Gasteiger partial charge in [-0.15, -0.1) is 0 Å². The van der Waals surface area contributed by atoms with Gasteiger partial charge >= 0.3 is 5.97 Å². The summed E-state index contributed by atoms with van der Waals surface area (Å²) in [6, 6.07) is 9.28. The monoisotopic (exact) mass is 357 g/mol. The second-order valence-electron chi connectivity index (χ2n) is 5.15. The van der Waals surface area contributed by atoms with E-state index in [9.17, 15) is 14.7 Å². The number of nitrogens with one attached hydrogen (secondary N) is 1. The first kappa shape index (κ1) is 18.9. The number of hydrogen-bond donors (Lipinski definition) is 2. The van der Waals surface area contributed by atoms with E-state index >= 15 is 0 Å². The number of aromatic hydroxyl groups is 1. The van der Waals surface area contributed by atoms with Gasteiger partial charge in [0.15, 0.2) is 0 Å². The summed E-state index contributed by atoms with van der Waals surface area (Å²) in [5.74, 6) is -0.0742. The van der Waals surface area contributed by atoms with Crippen LogP contribution in [0.3, 0.4) is 0 Å². The number of methoxy groups -OCH3 is 3. The molecule has 136 valence electrons. The first-order valence-corrected chi connectivity index (χ1v) is 7.61. The lowest BCUT2D eigenvalue weighted by Gasteiger charge is -2.08. The van der Waals surface area contributed by atoms with Gasteiger partial charge in [-0.25, -0.2) is 4.79 Å². The van der Waals surface area contributed by atoms with Crippen molar-refractivity contribution in [3.63, 3.8) is 0 Å². The maximum Gasteiger partial charge on any atom is 0.337 e. The van der Waals surface area contributed by atoms with Crippen LogP contribution in [0, 0.1) is 0 Å². The Morgan fingerprint density at radius 1 is 1.04 bits per heavy atom. The molecule has 0 saturated heterocycles. The predicted molar refractivity (Wildman–Crippen MR) is 96.7 cm³/mol. The van der Waals surface area contributed by atoms with E-state index in [1.165, 1.54) is 38.5 Å². The molecule has 2 aromatic rings. The zero-order chi connectivity index (χ0) is 19.1. The zero-order valence-electron chi connectivity index (χ0n) is 14.6. The van der Waals surface area contributed by atoms with Crippen molar-refractivity contribution in [1.82, 2.24) is 0 Å². The molecule has 2 N–H and O–H groups in total. The molecule has 1 amide bonds. The van der Waals surface area contributed by atoms with Crippen LogP contribution in [0.15, 0.2) is 42.5 Å². The van der Waals surface area contributed by atoms with Crippen molar-refractivity contribution >= 4 is 23.6 Å². The lowest BCUT2D eigenvalue weighted by Crippen LogP contribution is -2.09. The fraction of sp³-hybridized carbons (Fsp3) is 0.158. The Morgan fingerprint density at radius 2 is 1.81 bits per heavy atom. The van der Waals surface area contributed by atoms with Gasteiger partial charge in [-0.2, -0.15) is 0 Å². The maximum atomic E-state index is 12.1. The minimum Gasteiger partial charge on any atom is -0.506 e. The summed E-state index contributed by atoms with van der Waals surface area (Å²) in [7, 11) is 4.32. The Balaban J connectivity index is 2.14. The SMILES string of the molecule is COC(=O)c1ccc(NC(=O)/C=C/c2cc(OC)ccc2OC)c(O)c1. The molecule has 7 nitrogen and oxygen atoms in total. The van der Waals surface area contributed by atoms with Crippen LogP contribution in [0.1, 0.15) is 15.9 Å². The molecule has 2 aromatic carbocycles. The number of esters is 1. The predicted octanol–water partition coefficient (Wildman–Crippen LogP) is 2.85. The third-order valence-corrected chi connectivity index (χ3v) is 3.53. The summed E-state index contributed by atoms with van der Waals surface area (Å²) in [6.07, 6.45) is 2.86. The van der Waals surface area contributed by atoms with Gasteiger partial charge in [0.05, 0.1) is 32.6 Å². The number of hydrogen-bond acceptors (Lipinski definition) is 6. The molecule has 0 aromatic heterocycles. The smallest absolute Gasteiger partial charge is 0.337 e. The molecule has 0 heterocycles. The van der Waals surface area contributed by atoms with Gasteiger partial charge in [-0.1, -0.05) is 0 Å². The van der Waals surface area contributed by atoms with E-state index in [1.54, 1.807) is 31.4 Å². The average molecular weight is 357 g/mol. The summed E-state index contributed by atoms with van der Waals surface area (Å²) in [5, 5.41) is 12.5. The van der Waals surface area contributed by atoms with Crippen LogP contribution in [0.4, 0.5) is 5.69 Å². The lowest BCUT2D eigenvalue weighted by atomic mass is 10.1. The second-order valence-corrected chi connectivity index (χ2v) is 5.15. The first-order valence-electron chi connectivity index (χ1n) is 7.61. The lowest BCUT2D eigenvalue weighted by molar-refractivity contribution is -0.111. The van der Waals surface area contributed by atoms with E-state index in [-0.39, 0.29) is 17.0 Å². The number of amides is 1.